The van der Waals surface area contributed by atoms with Gasteiger partial charge in [-0.3, -0.25) is 14.4 Å². The number of carbonyl (C=O) groups is 3. The van der Waals surface area contributed by atoms with Gasteiger partial charge >= 0.3 is 5.97 Å². The summed E-state index contributed by atoms with van der Waals surface area (Å²) in [6.07, 6.45) is 4.41. The number of benzene rings is 3. The highest BCUT2D eigenvalue weighted by atomic mass is 16.4. The van der Waals surface area contributed by atoms with Crippen molar-refractivity contribution < 1.29 is 19.5 Å². The number of hydrogen-bond donors (Lipinski definition) is 3. The molecule has 0 spiro atoms. The van der Waals surface area contributed by atoms with Crippen molar-refractivity contribution >= 4 is 28.6 Å². The molecule has 3 rings (SSSR count). The van der Waals surface area contributed by atoms with Crippen LogP contribution in [0.1, 0.15) is 56.6 Å². The zero-order chi connectivity index (χ0) is 25.8. The average molecular weight is 489 g/mol. The molecule has 6 heteroatoms. The van der Waals surface area contributed by atoms with Crippen molar-refractivity contribution in [3.05, 3.63) is 83.9 Å². The molecule has 190 valence electrons. The number of rotatable bonds is 14. The molecule has 0 saturated heterocycles. The van der Waals surface area contributed by atoms with Gasteiger partial charge in [0.1, 0.15) is 6.04 Å². The molecule has 3 aromatic carbocycles. The monoisotopic (exact) mass is 488 g/mol. The zero-order valence-electron chi connectivity index (χ0n) is 20.9. The van der Waals surface area contributed by atoms with E-state index in [1.165, 1.54) is 0 Å². The van der Waals surface area contributed by atoms with Gasteiger partial charge in [-0.2, -0.15) is 0 Å². The van der Waals surface area contributed by atoms with Crippen molar-refractivity contribution in [2.24, 2.45) is 5.92 Å². The normalized spacial score (nSPS) is 12.6. The minimum atomic E-state index is -1.01. The number of carboxylic acids is 1. The molecule has 0 radical (unpaired) electrons. The predicted molar refractivity (Wildman–Crippen MR) is 142 cm³/mol. The lowest BCUT2D eigenvalue weighted by Crippen LogP contribution is -2.49. The molecule has 36 heavy (non-hydrogen) atoms. The predicted octanol–water partition coefficient (Wildman–Crippen LogP) is 5.24. The van der Waals surface area contributed by atoms with Gasteiger partial charge in [-0.25, -0.2) is 0 Å². The zero-order valence-corrected chi connectivity index (χ0v) is 20.9. The first-order chi connectivity index (χ1) is 17.5. The third-order valence-electron chi connectivity index (χ3n) is 6.39. The van der Waals surface area contributed by atoms with E-state index >= 15 is 0 Å². The lowest BCUT2D eigenvalue weighted by molar-refractivity contribution is -0.141. The Kier molecular flexibility index (Phi) is 10.5. The van der Waals surface area contributed by atoms with Gasteiger partial charge in [0.05, 0.1) is 6.42 Å². The summed E-state index contributed by atoms with van der Waals surface area (Å²) in [5.74, 6) is -2.35. The molecule has 3 N–H and O–H groups in total. The van der Waals surface area contributed by atoms with Crippen molar-refractivity contribution in [1.82, 2.24) is 10.6 Å². The molecule has 0 unspecified atom stereocenters. The molecule has 6 nitrogen and oxygen atoms in total. The second kappa shape index (κ2) is 14.0. The van der Waals surface area contributed by atoms with Gasteiger partial charge in [-0.1, -0.05) is 105 Å². The van der Waals surface area contributed by atoms with E-state index in [-0.39, 0.29) is 18.2 Å². The summed E-state index contributed by atoms with van der Waals surface area (Å²) in [5.41, 5.74) is 1.88. The fraction of sp³-hybridized carbons (Fsp3) is 0.367. The Balaban J connectivity index is 1.75. The fourth-order valence-electron chi connectivity index (χ4n) is 4.36. The third kappa shape index (κ3) is 8.52. The maximum atomic E-state index is 13.2. The molecule has 0 saturated carbocycles. The Hall–Kier alpha value is -3.67. The second-order valence-electron chi connectivity index (χ2n) is 9.29. The number of carbonyl (C=O) groups excluding carboxylic acids is 2. The fourth-order valence-corrected chi connectivity index (χ4v) is 4.36. The molecule has 0 bridgehead atoms. The average Bonchev–Trinajstić information content (AvgIpc) is 2.89. The number of hydrogen-bond acceptors (Lipinski definition) is 3. The van der Waals surface area contributed by atoms with E-state index in [1.807, 2.05) is 72.8 Å². The lowest BCUT2D eigenvalue weighted by atomic mass is 9.95. The highest BCUT2D eigenvalue weighted by Gasteiger charge is 2.27. The summed E-state index contributed by atoms with van der Waals surface area (Å²) in [5, 5.41) is 17.3. The van der Waals surface area contributed by atoms with Crippen LogP contribution in [-0.4, -0.2) is 28.9 Å². The van der Waals surface area contributed by atoms with Crippen LogP contribution in [-0.2, 0) is 27.3 Å². The van der Waals surface area contributed by atoms with Gasteiger partial charge in [0.25, 0.3) is 0 Å². The Bertz CT molecular complexity index is 1150. The first kappa shape index (κ1) is 26.9. The van der Waals surface area contributed by atoms with Crippen LogP contribution < -0.4 is 10.6 Å². The van der Waals surface area contributed by atoms with Crippen LogP contribution in [0, 0.1) is 5.92 Å². The molecule has 3 aromatic rings. The minimum absolute atomic E-state index is 0.244. The van der Waals surface area contributed by atoms with E-state index in [0.717, 1.165) is 47.6 Å². The Morgan fingerprint density at radius 3 is 2.25 bits per heavy atom. The van der Waals surface area contributed by atoms with Crippen LogP contribution in [0.4, 0.5) is 0 Å². The van der Waals surface area contributed by atoms with Crippen LogP contribution in [0.15, 0.2) is 72.8 Å². The van der Waals surface area contributed by atoms with Crippen LogP contribution in [0.2, 0.25) is 0 Å². The molecule has 0 aliphatic heterocycles. The smallest absolute Gasteiger partial charge is 0.304 e. The van der Waals surface area contributed by atoms with Crippen LogP contribution in [0.3, 0.4) is 0 Å². The second-order valence-corrected chi connectivity index (χ2v) is 9.29. The molecular formula is C30H36N2O4. The molecule has 0 aliphatic rings. The van der Waals surface area contributed by atoms with Gasteiger partial charge in [0.15, 0.2) is 0 Å². The van der Waals surface area contributed by atoms with Gasteiger partial charge < -0.3 is 15.7 Å². The van der Waals surface area contributed by atoms with Crippen molar-refractivity contribution in [2.75, 3.05) is 0 Å². The number of amides is 2. The van der Waals surface area contributed by atoms with Gasteiger partial charge in [0.2, 0.25) is 11.8 Å². The minimum Gasteiger partial charge on any atom is -0.481 e. The highest BCUT2D eigenvalue weighted by Crippen LogP contribution is 2.19. The number of fused-ring (bicyclic) bond motifs is 1. The summed E-state index contributed by atoms with van der Waals surface area (Å²) in [6, 6.07) is 22.8. The van der Waals surface area contributed by atoms with Gasteiger partial charge in [0, 0.05) is 18.9 Å². The van der Waals surface area contributed by atoms with Crippen molar-refractivity contribution in [2.45, 2.75) is 64.5 Å². The van der Waals surface area contributed by atoms with Crippen molar-refractivity contribution in [3.63, 3.8) is 0 Å². The summed E-state index contributed by atoms with van der Waals surface area (Å²) >= 11 is 0. The molecule has 0 aromatic heterocycles. The van der Waals surface area contributed by atoms with Crippen LogP contribution >= 0.6 is 0 Å². The first-order valence-corrected chi connectivity index (χ1v) is 12.8. The molecular weight excluding hydrogens is 452 g/mol. The van der Waals surface area contributed by atoms with Crippen LogP contribution in [0.5, 0.6) is 0 Å². The molecule has 0 aliphatic carbocycles. The van der Waals surface area contributed by atoms with E-state index in [0.29, 0.717) is 19.4 Å². The van der Waals surface area contributed by atoms with E-state index in [2.05, 4.69) is 17.6 Å². The Labute approximate surface area is 213 Å². The summed E-state index contributed by atoms with van der Waals surface area (Å²) < 4.78 is 0. The quantitative estimate of drug-likeness (QED) is 0.270. The highest BCUT2D eigenvalue weighted by molar-refractivity contribution is 5.90. The Morgan fingerprint density at radius 1 is 0.806 bits per heavy atom. The number of nitrogens with one attached hydrogen (secondary N) is 2. The SMILES string of the molecule is CCCCCC[C@H](CC(=O)O)C(=O)N[C@@H](Cc1ccc2ccccc2c1)C(=O)NCc1ccccc1. The molecule has 0 fully saturated rings. The van der Waals surface area contributed by atoms with Gasteiger partial charge in [-0.15, -0.1) is 0 Å². The number of unbranched alkanes of at least 4 members (excludes halogenated alkanes) is 3. The van der Waals surface area contributed by atoms with E-state index in [1.54, 1.807) is 0 Å². The molecule has 2 amide bonds. The van der Waals surface area contributed by atoms with Gasteiger partial charge in [-0.05, 0) is 28.3 Å². The first-order valence-electron chi connectivity index (χ1n) is 12.8. The lowest BCUT2D eigenvalue weighted by Gasteiger charge is -2.22. The molecule has 2 atom stereocenters. The maximum Gasteiger partial charge on any atom is 0.304 e. The summed E-state index contributed by atoms with van der Waals surface area (Å²) in [6.45, 7) is 2.45. The summed E-state index contributed by atoms with van der Waals surface area (Å²) in [4.78, 5) is 37.8. The van der Waals surface area contributed by atoms with E-state index < -0.39 is 17.9 Å². The van der Waals surface area contributed by atoms with E-state index in [4.69, 9.17) is 0 Å². The molecule has 0 heterocycles. The standard InChI is InChI=1S/C30H36N2O4/c1-2-3-4-8-15-26(20-28(33)34)29(35)32-27(30(36)31-21-22-11-6-5-7-12-22)19-23-16-17-24-13-9-10-14-25(24)18-23/h5-7,9-14,16-18,26-27H,2-4,8,15,19-21H2,1H3,(H,31,36)(H,32,35)(H,33,34)/t26-,27+/m1/s1. The Morgan fingerprint density at radius 2 is 1.53 bits per heavy atom. The van der Waals surface area contributed by atoms with Crippen molar-refractivity contribution in [3.8, 4) is 0 Å². The third-order valence-corrected chi connectivity index (χ3v) is 6.39. The largest absolute Gasteiger partial charge is 0.481 e. The van der Waals surface area contributed by atoms with Crippen LogP contribution in [0.25, 0.3) is 10.8 Å². The summed E-state index contributed by atoms with van der Waals surface area (Å²) in [7, 11) is 0. The number of carboxylic acid groups (broad SMARTS) is 1. The van der Waals surface area contributed by atoms with Crippen molar-refractivity contribution in [1.29, 1.82) is 0 Å². The van der Waals surface area contributed by atoms with E-state index in [9.17, 15) is 19.5 Å². The maximum absolute atomic E-state index is 13.2. The number of aliphatic carboxylic acids is 1. The topological polar surface area (TPSA) is 95.5 Å².